The van der Waals surface area contributed by atoms with E-state index in [4.69, 9.17) is 9.47 Å². The molecule has 0 radical (unpaired) electrons. The molecule has 29 heavy (non-hydrogen) atoms. The Morgan fingerprint density at radius 3 is 2.86 bits per heavy atom. The van der Waals surface area contributed by atoms with Crippen LogP contribution in [-0.2, 0) is 5.60 Å². The van der Waals surface area contributed by atoms with Gasteiger partial charge in [0.05, 0.1) is 20.3 Å². The van der Waals surface area contributed by atoms with E-state index in [9.17, 15) is 9.90 Å². The summed E-state index contributed by atoms with van der Waals surface area (Å²) in [6.45, 7) is 3.37. The van der Waals surface area contributed by atoms with Crippen molar-refractivity contribution >= 4 is 16.8 Å². The highest BCUT2D eigenvalue weighted by Crippen LogP contribution is 2.37. The fraction of sp³-hybridized carbons (Fsp3) is 0.348. The Morgan fingerprint density at radius 1 is 1.24 bits per heavy atom. The van der Waals surface area contributed by atoms with Gasteiger partial charge in [0, 0.05) is 23.0 Å². The lowest BCUT2D eigenvalue weighted by atomic mass is 9.85. The van der Waals surface area contributed by atoms with Gasteiger partial charge in [0.1, 0.15) is 22.8 Å². The Balaban J connectivity index is 1.59. The Bertz CT molecular complexity index is 1030. The number of piperidine rings is 1. The van der Waals surface area contributed by atoms with Gasteiger partial charge in [0.15, 0.2) is 0 Å². The van der Waals surface area contributed by atoms with Crippen LogP contribution in [0.1, 0.15) is 35.8 Å². The highest BCUT2D eigenvalue weighted by atomic mass is 16.5. The zero-order chi connectivity index (χ0) is 20.4. The Labute approximate surface area is 170 Å². The van der Waals surface area contributed by atoms with Gasteiger partial charge in [-0.25, -0.2) is 0 Å². The average Bonchev–Trinajstić information content (AvgIpc) is 3.17. The summed E-state index contributed by atoms with van der Waals surface area (Å²) < 4.78 is 11.0. The number of aliphatic hydroxyl groups is 1. The molecule has 1 atom stereocenters. The van der Waals surface area contributed by atoms with Crippen molar-refractivity contribution in [1.29, 1.82) is 0 Å². The molecule has 1 unspecified atom stereocenters. The van der Waals surface area contributed by atoms with Crippen LogP contribution in [0, 0.1) is 0 Å². The van der Waals surface area contributed by atoms with Gasteiger partial charge in [-0.15, -0.1) is 0 Å². The molecule has 152 valence electrons. The molecule has 3 aromatic rings. The average molecular weight is 394 g/mol. The summed E-state index contributed by atoms with van der Waals surface area (Å²) in [5.41, 5.74) is 0.985. The first-order valence-corrected chi connectivity index (χ1v) is 9.95. The van der Waals surface area contributed by atoms with Gasteiger partial charge in [-0.1, -0.05) is 18.2 Å². The van der Waals surface area contributed by atoms with Crippen molar-refractivity contribution in [2.45, 2.75) is 25.4 Å². The molecule has 0 bridgehead atoms. The molecule has 0 spiro atoms. The summed E-state index contributed by atoms with van der Waals surface area (Å²) in [6, 6.07) is 15.0. The van der Waals surface area contributed by atoms with Crippen molar-refractivity contribution < 1.29 is 19.4 Å². The van der Waals surface area contributed by atoms with E-state index in [2.05, 4.69) is 4.98 Å². The number of aromatic nitrogens is 1. The number of hydrogen-bond donors (Lipinski definition) is 2. The van der Waals surface area contributed by atoms with Gasteiger partial charge in [0.25, 0.3) is 5.91 Å². The number of nitrogens with one attached hydrogen (secondary N) is 1. The number of fused-ring (bicyclic) bond motifs is 1. The topological polar surface area (TPSA) is 74.8 Å². The molecule has 4 rings (SSSR count). The maximum Gasteiger partial charge on any atom is 0.270 e. The van der Waals surface area contributed by atoms with Crippen LogP contribution in [0.4, 0.5) is 0 Å². The summed E-state index contributed by atoms with van der Waals surface area (Å²) >= 11 is 0. The Hall–Kier alpha value is -2.99. The molecule has 1 aliphatic rings. The molecule has 1 saturated heterocycles. The molecule has 2 heterocycles. The smallest absolute Gasteiger partial charge is 0.270 e. The summed E-state index contributed by atoms with van der Waals surface area (Å²) in [7, 11) is 1.59. The second kappa shape index (κ2) is 7.79. The lowest BCUT2D eigenvalue weighted by molar-refractivity contribution is -0.0304. The van der Waals surface area contributed by atoms with E-state index in [0.29, 0.717) is 31.0 Å². The van der Waals surface area contributed by atoms with E-state index < -0.39 is 5.60 Å². The fourth-order valence-electron chi connectivity index (χ4n) is 4.11. The van der Waals surface area contributed by atoms with E-state index in [1.54, 1.807) is 12.0 Å². The van der Waals surface area contributed by atoms with Gasteiger partial charge < -0.3 is 24.5 Å². The Morgan fingerprint density at radius 2 is 2.07 bits per heavy atom. The van der Waals surface area contributed by atoms with E-state index in [1.807, 2.05) is 55.5 Å². The number of carbonyl (C=O) groups excluding carboxylic acids is 1. The highest BCUT2D eigenvalue weighted by Gasteiger charge is 2.39. The van der Waals surface area contributed by atoms with Crippen molar-refractivity contribution in [2.75, 3.05) is 26.8 Å². The van der Waals surface area contributed by atoms with Crippen LogP contribution in [0.25, 0.3) is 10.9 Å². The number of benzene rings is 2. The largest absolute Gasteiger partial charge is 0.496 e. The highest BCUT2D eigenvalue weighted by molar-refractivity contribution is 5.98. The number of aromatic amines is 1. The number of rotatable bonds is 5. The molecule has 1 aromatic heterocycles. The third kappa shape index (κ3) is 3.68. The van der Waals surface area contributed by atoms with Crippen LogP contribution in [0.15, 0.2) is 48.5 Å². The first-order valence-electron chi connectivity index (χ1n) is 9.95. The van der Waals surface area contributed by atoms with Crippen LogP contribution in [0.2, 0.25) is 0 Å². The second-order valence-electron chi connectivity index (χ2n) is 7.43. The van der Waals surface area contributed by atoms with Crippen molar-refractivity contribution in [3.05, 3.63) is 59.8 Å². The quantitative estimate of drug-likeness (QED) is 0.692. The molecule has 0 aliphatic carbocycles. The molecule has 1 aliphatic heterocycles. The van der Waals surface area contributed by atoms with Gasteiger partial charge in [0.2, 0.25) is 0 Å². The minimum atomic E-state index is -1.13. The van der Waals surface area contributed by atoms with Crippen molar-refractivity contribution in [2.24, 2.45) is 0 Å². The molecule has 1 amide bonds. The van der Waals surface area contributed by atoms with Crippen molar-refractivity contribution in [3.63, 3.8) is 0 Å². The van der Waals surface area contributed by atoms with Crippen LogP contribution in [0.3, 0.4) is 0 Å². The lowest BCUT2D eigenvalue weighted by Crippen LogP contribution is -2.48. The molecule has 2 aromatic carbocycles. The summed E-state index contributed by atoms with van der Waals surface area (Å²) in [5.74, 6) is 1.30. The molecule has 6 nitrogen and oxygen atoms in total. The van der Waals surface area contributed by atoms with Gasteiger partial charge in [-0.3, -0.25) is 4.79 Å². The number of carbonyl (C=O) groups is 1. The van der Waals surface area contributed by atoms with Crippen molar-refractivity contribution in [3.8, 4) is 11.5 Å². The number of nitrogens with zero attached hydrogens (tertiary/aromatic N) is 1. The van der Waals surface area contributed by atoms with Crippen molar-refractivity contribution in [1.82, 2.24) is 9.88 Å². The number of hydrogen-bond acceptors (Lipinski definition) is 4. The molecular weight excluding hydrogens is 368 g/mol. The predicted molar refractivity (Wildman–Crippen MR) is 111 cm³/mol. The zero-order valence-corrected chi connectivity index (χ0v) is 16.8. The third-order valence-electron chi connectivity index (χ3n) is 5.50. The van der Waals surface area contributed by atoms with E-state index >= 15 is 0 Å². The first kappa shape index (κ1) is 19.3. The third-order valence-corrected chi connectivity index (χ3v) is 5.50. The number of β-amino-alcohol motifs (C(OH)–C–C–N with tert-alkyl or cyclic N) is 1. The maximum atomic E-state index is 13.2. The molecule has 0 saturated carbocycles. The normalized spacial score (nSPS) is 19.3. The zero-order valence-electron chi connectivity index (χ0n) is 16.8. The van der Waals surface area contributed by atoms with Crippen LogP contribution in [0.5, 0.6) is 11.5 Å². The number of ether oxygens (including phenoxy) is 2. The number of amides is 1. The molecule has 2 N–H and O–H groups in total. The minimum absolute atomic E-state index is 0.118. The number of methoxy groups -OCH3 is 1. The molecule has 1 fully saturated rings. The SMILES string of the molecule is CCOc1ccc2[nH]c(C(=O)N3CCCC(O)(c4ccccc4OC)C3)cc2c1. The summed E-state index contributed by atoms with van der Waals surface area (Å²) in [6.07, 6.45) is 1.30. The summed E-state index contributed by atoms with van der Waals surface area (Å²) in [5, 5.41) is 12.3. The maximum absolute atomic E-state index is 13.2. The standard InChI is InChI=1S/C23H26N2O4/c1-3-29-17-9-10-19-16(13-17)14-20(24-19)22(26)25-12-6-11-23(27,15-25)18-7-4-5-8-21(18)28-2/h4-5,7-10,13-14,24,27H,3,6,11-12,15H2,1-2H3. The fourth-order valence-corrected chi connectivity index (χ4v) is 4.11. The van der Waals surface area contributed by atoms with E-state index in [-0.39, 0.29) is 12.5 Å². The van der Waals surface area contributed by atoms with Gasteiger partial charge in [-0.2, -0.15) is 0 Å². The Kier molecular flexibility index (Phi) is 5.20. The predicted octanol–water partition coefficient (Wildman–Crippen LogP) is 3.70. The van der Waals surface area contributed by atoms with Gasteiger partial charge in [-0.05, 0) is 50.1 Å². The summed E-state index contributed by atoms with van der Waals surface area (Å²) in [4.78, 5) is 18.1. The first-order chi connectivity index (χ1) is 14.0. The second-order valence-corrected chi connectivity index (χ2v) is 7.43. The number of likely N-dealkylation sites (tertiary alicyclic amines) is 1. The van der Waals surface area contributed by atoms with E-state index in [1.165, 1.54) is 0 Å². The number of para-hydroxylation sites is 1. The van der Waals surface area contributed by atoms with Crippen LogP contribution in [-0.4, -0.2) is 47.7 Å². The molecule has 6 heteroatoms. The lowest BCUT2D eigenvalue weighted by Gasteiger charge is -2.39. The van der Waals surface area contributed by atoms with Gasteiger partial charge >= 0.3 is 0 Å². The number of H-pyrrole nitrogens is 1. The van der Waals surface area contributed by atoms with Crippen LogP contribution >= 0.6 is 0 Å². The monoisotopic (exact) mass is 394 g/mol. The minimum Gasteiger partial charge on any atom is -0.496 e. The molecular formula is C23H26N2O4. The van der Waals surface area contributed by atoms with E-state index in [0.717, 1.165) is 28.6 Å². The van der Waals surface area contributed by atoms with Crippen LogP contribution < -0.4 is 9.47 Å².